The number of amides is 6. The predicted octanol–water partition coefficient (Wildman–Crippen LogP) is 3.72. The summed E-state index contributed by atoms with van der Waals surface area (Å²) in [5, 5.41) is 15.3. The number of rotatable bonds is 23. The van der Waals surface area contributed by atoms with Crippen LogP contribution in [0.2, 0.25) is 0 Å². The van der Waals surface area contributed by atoms with Crippen LogP contribution >= 0.6 is 0 Å². The first-order chi connectivity index (χ1) is 21.6. The maximum atomic E-state index is 12.2. The summed E-state index contributed by atoms with van der Waals surface area (Å²) in [5.41, 5.74) is 0. The number of unbranched alkanes of at least 4 members (excludes halogenated alkanes) is 2. The summed E-state index contributed by atoms with van der Waals surface area (Å²) in [4.78, 5) is 73.3. The summed E-state index contributed by atoms with van der Waals surface area (Å²) in [6.07, 6.45) is 17.6. The fourth-order valence-corrected chi connectivity index (χ4v) is 5.22. The Morgan fingerprint density at radius 3 is 1.73 bits per heavy atom. The molecule has 2 aliphatic rings. The molecule has 0 fully saturated rings. The molecule has 3 atom stereocenters. The Hall–Kier alpha value is -4.07. The van der Waals surface area contributed by atoms with E-state index in [1.54, 1.807) is 0 Å². The van der Waals surface area contributed by atoms with Crippen LogP contribution in [0.5, 0.6) is 0 Å². The summed E-state index contributed by atoms with van der Waals surface area (Å²) in [6, 6.07) is 2.29. The van der Waals surface area contributed by atoms with Gasteiger partial charge >= 0.3 is 0 Å². The van der Waals surface area contributed by atoms with Gasteiger partial charge in [-0.15, -0.1) is 0 Å². The van der Waals surface area contributed by atoms with Gasteiger partial charge in [0.2, 0.25) is 11.8 Å². The van der Waals surface area contributed by atoms with E-state index in [4.69, 9.17) is 0 Å². The molecule has 0 aliphatic carbocycles. The molecule has 2 heterocycles. The number of allylic oxidation sites excluding steroid dienone is 2. The van der Waals surface area contributed by atoms with Gasteiger partial charge in [0.25, 0.3) is 23.6 Å². The summed E-state index contributed by atoms with van der Waals surface area (Å²) in [7, 11) is 0. The van der Waals surface area contributed by atoms with Gasteiger partial charge in [-0.3, -0.25) is 38.6 Å². The zero-order chi connectivity index (χ0) is 33.0. The van der Waals surface area contributed by atoms with Crippen LogP contribution in [0.15, 0.2) is 36.5 Å². The number of imide groups is 2. The molecule has 11 heteroatoms. The van der Waals surface area contributed by atoms with E-state index in [-0.39, 0.29) is 53.2 Å². The fraction of sp³-hybridized carbons (Fsp3) is 0.618. The van der Waals surface area contributed by atoms with Crippen molar-refractivity contribution < 1.29 is 28.8 Å². The van der Waals surface area contributed by atoms with E-state index in [1.165, 1.54) is 34.1 Å². The molecule has 2 aliphatic heterocycles. The Balaban J connectivity index is 1.42. The van der Waals surface area contributed by atoms with Crippen LogP contribution in [0.4, 0.5) is 0 Å². The maximum absolute atomic E-state index is 12.2. The average molecular weight is 624 g/mol. The van der Waals surface area contributed by atoms with Crippen LogP contribution in [0.1, 0.15) is 90.9 Å². The lowest BCUT2D eigenvalue weighted by Gasteiger charge is -2.19. The van der Waals surface area contributed by atoms with E-state index in [2.05, 4.69) is 16.7 Å². The van der Waals surface area contributed by atoms with E-state index < -0.39 is 0 Å². The van der Waals surface area contributed by atoms with Gasteiger partial charge in [0.1, 0.15) is 0 Å². The molecular formula is C34H49N5O6. The van der Waals surface area contributed by atoms with Crippen LogP contribution < -0.4 is 10.6 Å². The van der Waals surface area contributed by atoms with Gasteiger partial charge in [-0.25, -0.2) is 0 Å². The van der Waals surface area contributed by atoms with Crippen molar-refractivity contribution in [2.45, 2.75) is 90.9 Å². The second-order valence-corrected chi connectivity index (χ2v) is 12.1. The van der Waals surface area contributed by atoms with Crippen LogP contribution in [-0.4, -0.2) is 71.4 Å². The molecule has 0 saturated heterocycles. The van der Waals surface area contributed by atoms with Gasteiger partial charge in [0, 0.05) is 69.2 Å². The van der Waals surface area contributed by atoms with E-state index in [0.29, 0.717) is 51.9 Å². The zero-order valence-corrected chi connectivity index (χ0v) is 26.8. The monoisotopic (exact) mass is 623 g/mol. The lowest BCUT2D eigenvalue weighted by atomic mass is 9.98. The van der Waals surface area contributed by atoms with Crippen LogP contribution in [0.25, 0.3) is 0 Å². The highest BCUT2D eigenvalue weighted by atomic mass is 16.2. The van der Waals surface area contributed by atoms with Crippen molar-refractivity contribution >= 4 is 35.4 Å². The normalized spacial score (nSPS) is 16.5. The first kappa shape index (κ1) is 37.1. The van der Waals surface area contributed by atoms with Crippen molar-refractivity contribution in [3.8, 4) is 6.07 Å². The average Bonchev–Trinajstić information content (AvgIpc) is 3.50. The molecule has 2 N–H and O–H groups in total. The lowest BCUT2D eigenvalue weighted by molar-refractivity contribution is -0.139. The van der Waals surface area contributed by atoms with E-state index >= 15 is 0 Å². The largest absolute Gasteiger partial charge is 0.356 e. The quantitative estimate of drug-likeness (QED) is 0.0998. The van der Waals surface area contributed by atoms with Gasteiger partial charge in [0.05, 0.1) is 6.07 Å². The van der Waals surface area contributed by atoms with Gasteiger partial charge in [-0.1, -0.05) is 32.4 Å². The Morgan fingerprint density at radius 2 is 1.18 bits per heavy atom. The Morgan fingerprint density at radius 1 is 0.689 bits per heavy atom. The van der Waals surface area contributed by atoms with Gasteiger partial charge < -0.3 is 10.6 Å². The topological polar surface area (TPSA) is 157 Å². The highest BCUT2D eigenvalue weighted by Crippen LogP contribution is 2.15. The number of carbonyl (C=O) groups is 6. The minimum absolute atomic E-state index is 0.0284. The summed E-state index contributed by atoms with van der Waals surface area (Å²) in [6.45, 7) is 5.93. The first-order valence-corrected chi connectivity index (χ1v) is 16.3. The number of hydrogen-bond acceptors (Lipinski definition) is 7. The van der Waals surface area contributed by atoms with Crippen molar-refractivity contribution in [1.29, 1.82) is 5.26 Å². The molecule has 0 aromatic heterocycles. The second-order valence-electron chi connectivity index (χ2n) is 12.1. The van der Waals surface area contributed by atoms with Gasteiger partial charge in [-0.2, -0.15) is 5.26 Å². The van der Waals surface area contributed by atoms with Crippen molar-refractivity contribution in [1.82, 2.24) is 20.4 Å². The summed E-state index contributed by atoms with van der Waals surface area (Å²) < 4.78 is 0. The first-order valence-electron chi connectivity index (χ1n) is 16.3. The van der Waals surface area contributed by atoms with Gasteiger partial charge in [-0.05, 0) is 69.6 Å². The number of nitrogens with zero attached hydrogens (tertiary/aromatic N) is 3. The van der Waals surface area contributed by atoms with Crippen molar-refractivity contribution in [2.75, 3.05) is 26.2 Å². The SMILES string of the molecule is CC(CCCCNC(=O)CCC/C=C/CCC(C#N)CCC(=O)NCCCC(C)CN1C(=O)C=CC1=O)CN1C(=O)C=CC1=O. The molecule has 0 radical (unpaired) electrons. The molecule has 6 amide bonds. The minimum atomic E-state index is -0.276. The third kappa shape index (κ3) is 15.0. The van der Waals surface area contributed by atoms with Gasteiger partial charge in [0.15, 0.2) is 0 Å². The van der Waals surface area contributed by atoms with Crippen molar-refractivity contribution in [3.05, 3.63) is 36.5 Å². The molecule has 0 bridgehead atoms. The third-order valence-electron chi connectivity index (χ3n) is 7.96. The van der Waals surface area contributed by atoms with Crippen LogP contribution in [0.3, 0.4) is 0 Å². The molecule has 45 heavy (non-hydrogen) atoms. The molecule has 0 aromatic carbocycles. The summed E-state index contributed by atoms with van der Waals surface area (Å²) in [5.74, 6) is -0.932. The number of nitriles is 1. The van der Waals surface area contributed by atoms with Crippen molar-refractivity contribution in [2.24, 2.45) is 17.8 Å². The second kappa shape index (κ2) is 20.8. The molecule has 246 valence electrons. The molecule has 11 nitrogen and oxygen atoms in total. The molecular weight excluding hydrogens is 574 g/mol. The lowest BCUT2D eigenvalue weighted by Crippen LogP contribution is -2.34. The Kier molecular flexibility index (Phi) is 17.2. The number of hydrogen-bond donors (Lipinski definition) is 2. The molecule has 3 unspecified atom stereocenters. The highest BCUT2D eigenvalue weighted by molar-refractivity contribution is 6.13. The number of carbonyl (C=O) groups excluding carboxylic acids is 6. The smallest absolute Gasteiger partial charge is 0.253 e. The number of nitrogens with one attached hydrogen (secondary N) is 2. The Labute approximate surface area is 267 Å². The van der Waals surface area contributed by atoms with E-state index in [1.807, 2.05) is 26.0 Å². The maximum Gasteiger partial charge on any atom is 0.253 e. The van der Waals surface area contributed by atoms with Crippen molar-refractivity contribution in [3.63, 3.8) is 0 Å². The van der Waals surface area contributed by atoms with Crippen LogP contribution in [0, 0.1) is 29.1 Å². The Bertz CT molecular complexity index is 1130. The zero-order valence-electron chi connectivity index (χ0n) is 26.8. The molecule has 0 aromatic rings. The minimum Gasteiger partial charge on any atom is -0.356 e. The van der Waals surface area contributed by atoms with E-state index in [0.717, 1.165) is 51.4 Å². The summed E-state index contributed by atoms with van der Waals surface area (Å²) >= 11 is 0. The third-order valence-corrected chi connectivity index (χ3v) is 7.96. The molecule has 0 saturated carbocycles. The highest BCUT2D eigenvalue weighted by Gasteiger charge is 2.25. The van der Waals surface area contributed by atoms with Crippen LogP contribution in [-0.2, 0) is 28.8 Å². The molecule has 2 rings (SSSR count). The molecule has 0 spiro atoms. The predicted molar refractivity (Wildman–Crippen MR) is 170 cm³/mol. The fourth-order valence-electron chi connectivity index (χ4n) is 5.22. The van der Waals surface area contributed by atoms with E-state index in [9.17, 15) is 34.0 Å². The standard InChI is InChI=1S/C34H49N5O6/c1-26(24-38-31(42)17-18-32(38)43)11-8-9-21-36-29(40)14-7-5-3-4-6-13-28(23-35)15-16-30(41)37-22-10-12-27(2)25-39-33(44)19-20-34(39)45/h3-4,17-20,26-28H,5-16,21-22,24-25H2,1-2H3,(H,36,40)(H,37,41)/b4-3+.